The van der Waals surface area contributed by atoms with E-state index in [2.05, 4.69) is 0 Å². The van der Waals surface area contributed by atoms with Gasteiger partial charge in [0.05, 0.1) is 6.16 Å². The number of hydrogen-bond acceptors (Lipinski definition) is 3. The van der Waals surface area contributed by atoms with Crippen LogP contribution in [0.4, 0.5) is 5.69 Å². The fourth-order valence-corrected chi connectivity index (χ4v) is 2.73. The molecule has 0 amide bonds. The van der Waals surface area contributed by atoms with E-state index < -0.39 is 7.60 Å². The first-order chi connectivity index (χ1) is 8.55. The first kappa shape index (κ1) is 12.7. The summed E-state index contributed by atoms with van der Waals surface area (Å²) >= 11 is 0. The summed E-state index contributed by atoms with van der Waals surface area (Å²) in [7, 11) is -3.69. The van der Waals surface area contributed by atoms with Gasteiger partial charge < -0.3 is 15.2 Å². The minimum Gasteiger partial charge on any atom is -0.424 e. The van der Waals surface area contributed by atoms with Gasteiger partial charge >= 0.3 is 7.60 Å². The minimum atomic E-state index is -3.69. The maximum atomic E-state index is 11.9. The zero-order valence-corrected chi connectivity index (χ0v) is 10.6. The van der Waals surface area contributed by atoms with Crippen LogP contribution < -0.4 is 10.3 Å². The molecule has 0 bridgehead atoms. The van der Waals surface area contributed by atoms with Crippen LogP contribution >= 0.6 is 7.60 Å². The first-order valence-corrected chi connectivity index (χ1v) is 7.22. The molecule has 4 nitrogen and oxygen atoms in total. The van der Waals surface area contributed by atoms with Gasteiger partial charge in [0, 0.05) is 5.69 Å². The normalized spacial score (nSPS) is 13.8. The van der Waals surface area contributed by atoms with E-state index in [0.717, 1.165) is 5.56 Å². The molecule has 0 radical (unpaired) electrons. The fourth-order valence-electron chi connectivity index (χ4n) is 1.54. The summed E-state index contributed by atoms with van der Waals surface area (Å²) in [5.74, 6) is 0.339. The molecule has 2 rings (SSSR count). The van der Waals surface area contributed by atoms with Crippen molar-refractivity contribution in [2.45, 2.75) is 6.16 Å². The van der Waals surface area contributed by atoms with Crippen LogP contribution in [-0.2, 0) is 10.7 Å². The summed E-state index contributed by atoms with van der Waals surface area (Å²) < 4.78 is 17.1. The number of nitrogens with two attached hydrogens (primary N) is 1. The molecule has 0 aromatic heterocycles. The molecular formula is C13H14NO3P. The topological polar surface area (TPSA) is 72.5 Å². The van der Waals surface area contributed by atoms with Gasteiger partial charge in [-0.1, -0.05) is 30.3 Å². The summed E-state index contributed by atoms with van der Waals surface area (Å²) in [6.07, 6.45) is -0.0157. The predicted octanol–water partition coefficient (Wildman–Crippen LogP) is 3.03. The van der Waals surface area contributed by atoms with Crippen molar-refractivity contribution < 1.29 is 14.0 Å². The zero-order chi connectivity index (χ0) is 13.0. The third-order valence-electron chi connectivity index (χ3n) is 2.35. The summed E-state index contributed by atoms with van der Waals surface area (Å²) in [5, 5.41) is 0. The van der Waals surface area contributed by atoms with Crippen LogP contribution in [0.5, 0.6) is 5.75 Å². The molecule has 18 heavy (non-hydrogen) atoms. The number of hydrogen-bond donors (Lipinski definition) is 2. The number of rotatable bonds is 4. The predicted molar refractivity (Wildman–Crippen MR) is 71.5 cm³/mol. The molecule has 0 saturated heterocycles. The van der Waals surface area contributed by atoms with Crippen molar-refractivity contribution in [1.82, 2.24) is 0 Å². The van der Waals surface area contributed by atoms with Gasteiger partial charge in [0.15, 0.2) is 0 Å². The lowest BCUT2D eigenvalue weighted by molar-refractivity contribution is 0.378. The minimum absolute atomic E-state index is 0.0157. The number of anilines is 1. The quantitative estimate of drug-likeness (QED) is 0.657. The second kappa shape index (κ2) is 5.25. The van der Waals surface area contributed by atoms with Crippen LogP contribution in [0.15, 0.2) is 54.6 Å². The average Bonchev–Trinajstić information content (AvgIpc) is 2.32. The van der Waals surface area contributed by atoms with Crippen LogP contribution in [0, 0.1) is 0 Å². The summed E-state index contributed by atoms with van der Waals surface area (Å²) in [6.45, 7) is 0. The molecule has 1 atom stereocenters. The van der Waals surface area contributed by atoms with Gasteiger partial charge in [0.2, 0.25) is 0 Å². The molecule has 2 aromatic carbocycles. The lowest BCUT2D eigenvalue weighted by Crippen LogP contribution is -1.96. The second-order valence-electron chi connectivity index (χ2n) is 3.94. The Labute approximate surface area is 106 Å². The van der Waals surface area contributed by atoms with Crippen molar-refractivity contribution in [3.05, 3.63) is 60.2 Å². The molecule has 0 fully saturated rings. The maximum Gasteiger partial charge on any atom is 0.380 e. The SMILES string of the molecule is Nc1ccc(OP(=O)(O)Cc2ccccc2)cc1. The highest BCUT2D eigenvalue weighted by Gasteiger charge is 2.21. The van der Waals surface area contributed by atoms with Crippen molar-refractivity contribution in [3.8, 4) is 5.75 Å². The largest absolute Gasteiger partial charge is 0.424 e. The second-order valence-corrected chi connectivity index (χ2v) is 5.72. The van der Waals surface area contributed by atoms with Crippen LogP contribution in [-0.4, -0.2) is 4.89 Å². The monoisotopic (exact) mass is 263 g/mol. The Morgan fingerprint density at radius 1 is 1.06 bits per heavy atom. The summed E-state index contributed by atoms with van der Waals surface area (Å²) in [4.78, 5) is 9.79. The van der Waals surface area contributed by atoms with Gasteiger partial charge in [0.1, 0.15) is 5.75 Å². The molecule has 0 saturated carbocycles. The van der Waals surface area contributed by atoms with Gasteiger partial charge in [-0.15, -0.1) is 0 Å². The number of nitrogen functional groups attached to an aromatic ring is 1. The molecule has 2 aromatic rings. The standard InChI is InChI=1S/C13H14NO3P/c14-12-6-8-13(9-7-12)17-18(15,16)10-11-4-2-1-3-5-11/h1-9H,10,14H2,(H,15,16). The molecular weight excluding hydrogens is 249 g/mol. The molecule has 0 spiro atoms. The van der Waals surface area contributed by atoms with E-state index in [4.69, 9.17) is 10.3 Å². The van der Waals surface area contributed by atoms with E-state index in [1.54, 1.807) is 36.4 Å². The van der Waals surface area contributed by atoms with E-state index in [0.29, 0.717) is 11.4 Å². The highest BCUT2D eigenvalue weighted by molar-refractivity contribution is 7.52. The van der Waals surface area contributed by atoms with Crippen molar-refractivity contribution >= 4 is 13.3 Å². The molecule has 5 heteroatoms. The van der Waals surface area contributed by atoms with Gasteiger partial charge in [-0.2, -0.15) is 0 Å². The Kier molecular flexibility index (Phi) is 3.70. The smallest absolute Gasteiger partial charge is 0.380 e. The zero-order valence-electron chi connectivity index (χ0n) is 9.69. The van der Waals surface area contributed by atoms with Crippen molar-refractivity contribution in [2.75, 3.05) is 5.73 Å². The number of benzene rings is 2. The van der Waals surface area contributed by atoms with Gasteiger partial charge in [0.25, 0.3) is 0 Å². The van der Waals surface area contributed by atoms with E-state index in [9.17, 15) is 9.46 Å². The summed E-state index contributed by atoms with van der Waals surface area (Å²) in [5.41, 5.74) is 6.87. The van der Waals surface area contributed by atoms with E-state index >= 15 is 0 Å². The lowest BCUT2D eigenvalue weighted by atomic mass is 10.2. The Morgan fingerprint density at radius 3 is 2.28 bits per heavy atom. The van der Waals surface area contributed by atoms with Crippen molar-refractivity contribution in [2.24, 2.45) is 0 Å². The van der Waals surface area contributed by atoms with Crippen molar-refractivity contribution in [1.29, 1.82) is 0 Å². The highest BCUT2D eigenvalue weighted by atomic mass is 31.2. The fraction of sp³-hybridized carbons (Fsp3) is 0.0769. The Morgan fingerprint density at radius 2 is 1.67 bits per heavy atom. The molecule has 0 aliphatic rings. The Balaban J connectivity index is 2.08. The van der Waals surface area contributed by atoms with Crippen molar-refractivity contribution in [3.63, 3.8) is 0 Å². The van der Waals surface area contributed by atoms with E-state index in [1.165, 1.54) is 0 Å². The van der Waals surface area contributed by atoms with Gasteiger partial charge in [-0.05, 0) is 29.8 Å². The highest BCUT2D eigenvalue weighted by Crippen LogP contribution is 2.45. The molecule has 0 heterocycles. The van der Waals surface area contributed by atoms with E-state index in [1.807, 2.05) is 18.2 Å². The Hall–Kier alpha value is -1.77. The molecule has 1 unspecified atom stereocenters. The van der Waals surface area contributed by atoms with Gasteiger partial charge in [-0.25, -0.2) is 4.57 Å². The van der Waals surface area contributed by atoms with Crippen LogP contribution in [0.2, 0.25) is 0 Å². The molecule has 0 aliphatic heterocycles. The summed E-state index contributed by atoms with van der Waals surface area (Å²) in [6, 6.07) is 15.5. The average molecular weight is 263 g/mol. The molecule has 0 aliphatic carbocycles. The maximum absolute atomic E-state index is 11.9. The van der Waals surface area contributed by atoms with Crippen LogP contribution in [0.3, 0.4) is 0 Å². The van der Waals surface area contributed by atoms with Crippen LogP contribution in [0.1, 0.15) is 5.56 Å². The first-order valence-electron chi connectivity index (χ1n) is 5.46. The Bertz CT molecular complexity index is 554. The van der Waals surface area contributed by atoms with Gasteiger partial charge in [-0.3, -0.25) is 0 Å². The van der Waals surface area contributed by atoms with Crippen LogP contribution in [0.25, 0.3) is 0 Å². The lowest BCUT2D eigenvalue weighted by Gasteiger charge is -2.13. The molecule has 3 N–H and O–H groups in total. The third-order valence-corrected chi connectivity index (χ3v) is 3.61. The third kappa shape index (κ3) is 3.62. The van der Waals surface area contributed by atoms with E-state index in [-0.39, 0.29) is 6.16 Å². The molecule has 94 valence electrons.